The maximum Gasteiger partial charge on any atom is 0.182 e. The van der Waals surface area contributed by atoms with Crippen molar-refractivity contribution in [1.82, 2.24) is 20.2 Å². The normalized spacial score (nSPS) is 12.6. The number of hydrogen-bond acceptors (Lipinski definition) is 5. The number of anilines is 1. The number of methoxy groups -OCH3 is 1. The number of aromatic nitrogens is 4. The molecule has 1 atom stereocenters. The molecule has 0 amide bonds. The van der Waals surface area contributed by atoms with Crippen molar-refractivity contribution in [2.75, 3.05) is 19.5 Å². The standard InChI is InChI=1S/C12H16ClN5O/c1-3-9(7-19-2)18-12(15-16-17-18)8-4-5-10(13)11(14)6-8/h4-6,9H,3,7,14H2,1-2H3. The minimum atomic E-state index is 0.0897. The number of hydrogen-bond donors (Lipinski definition) is 1. The molecule has 2 rings (SSSR count). The van der Waals surface area contributed by atoms with Gasteiger partial charge in [-0.1, -0.05) is 18.5 Å². The molecule has 0 aliphatic heterocycles. The summed E-state index contributed by atoms with van der Waals surface area (Å²) in [6.45, 7) is 2.61. The van der Waals surface area contributed by atoms with E-state index in [1.165, 1.54) is 0 Å². The van der Waals surface area contributed by atoms with E-state index in [9.17, 15) is 0 Å². The van der Waals surface area contributed by atoms with Crippen LogP contribution in [-0.4, -0.2) is 33.9 Å². The predicted octanol–water partition coefficient (Wildman–Crippen LogP) is 2.17. The van der Waals surface area contributed by atoms with Gasteiger partial charge in [-0.05, 0) is 35.0 Å². The van der Waals surface area contributed by atoms with Gasteiger partial charge in [-0.2, -0.15) is 0 Å². The van der Waals surface area contributed by atoms with E-state index in [1.807, 2.05) is 6.07 Å². The lowest BCUT2D eigenvalue weighted by Gasteiger charge is -2.15. The summed E-state index contributed by atoms with van der Waals surface area (Å²) in [4.78, 5) is 0. The molecule has 1 aromatic carbocycles. The van der Waals surface area contributed by atoms with Crippen LogP contribution < -0.4 is 5.73 Å². The molecule has 0 saturated carbocycles. The van der Waals surface area contributed by atoms with Gasteiger partial charge in [0.1, 0.15) is 0 Å². The highest BCUT2D eigenvalue weighted by molar-refractivity contribution is 6.33. The topological polar surface area (TPSA) is 78.8 Å². The summed E-state index contributed by atoms with van der Waals surface area (Å²) in [7, 11) is 1.66. The summed E-state index contributed by atoms with van der Waals surface area (Å²) < 4.78 is 6.95. The number of nitrogen functional groups attached to an aromatic ring is 1. The van der Waals surface area contributed by atoms with E-state index >= 15 is 0 Å². The monoisotopic (exact) mass is 281 g/mol. The van der Waals surface area contributed by atoms with Gasteiger partial charge in [-0.25, -0.2) is 4.68 Å². The fraction of sp³-hybridized carbons (Fsp3) is 0.417. The first-order valence-corrected chi connectivity index (χ1v) is 6.37. The molecule has 0 bridgehead atoms. The van der Waals surface area contributed by atoms with Gasteiger partial charge < -0.3 is 10.5 Å². The molecule has 1 heterocycles. The Hall–Kier alpha value is -1.66. The van der Waals surface area contributed by atoms with Gasteiger partial charge in [0.25, 0.3) is 0 Å². The van der Waals surface area contributed by atoms with Gasteiger partial charge >= 0.3 is 0 Å². The number of rotatable bonds is 5. The molecule has 0 aliphatic carbocycles. The Balaban J connectivity index is 2.40. The third-order valence-electron chi connectivity index (χ3n) is 2.92. The van der Waals surface area contributed by atoms with Crippen LogP contribution >= 0.6 is 11.6 Å². The molecule has 0 saturated heterocycles. The molecule has 1 aromatic heterocycles. The maximum atomic E-state index is 5.92. The second kappa shape index (κ2) is 5.99. The van der Waals surface area contributed by atoms with E-state index in [0.29, 0.717) is 23.1 Å². The molecule has 7 heteroatoms. The molecule has 2 aromatic rings. The SMILES string of the molecule is CCC(COC)n1nnnc1-c1ccc(Cl)c(N)c1. The van der Waals surface area contributed by atoms with Crippen molar-refractivity contribution < 1.29 is 4.74 Å². The van der Waals surface area contributed by atoms with E-state index in [1.54, 1.807) is 23.9 Å². The Morgan fingerprint density at radius 3 is 2.89 bits per heavy atom. The second-order valence-electron chi connectivity index (χ2n) is 4.20. The number of nitrogens with zero attached hydrogens (tertiary/aromatic N) is 4. The molecule has 6 nitrogen and oxygen atoms in total. The molecule has 0 fully saturated rings. The van der Waals surface area contributed by atoms with Crippen molar-refractivity contribution in [3.63, 3.8) is 0 Å². The van der Waals surface area contributed by atoms with Gasteiger partial charge in [-0.15, -0.1) is 5.10 Å². The van der Waals surface area contributed by atoms with E-state index in [0.717, 1.165) is 12.0 Å². The summed E-state index contributed by atoms with van der Waals surface area (Å²) in [5.41, 5.74) is 7.15. The molecule has 0 spiro atoms. The van der Waals surface area contributed by atoms with Crippen molar-refractivity contribution in [3.05, 3.63) is 23.2 Å². The minimum Gasteiger partial charge on any atom is -0.398 e. The molecule has 0 radical (unpaired) electrons. The van der Waals surface area contributed by atoms with Crippen LogP contribution in [0.4, 0.5) is 5.69 Å². The highest BCUT2D eigenvalue weighted by Crippen LogP contribution is 2.26. The highest BCUT2D eigenvalue weighted by Gasteiger charge is 2.17. The zero-order chi connectivity index (χ0) is 13.8. The van der Waals surface area contributed by atoms with Crippen LogP contribution in [0.2, 0.25) is 5.02 Å². The molecule has 102 valence electrons. The second-order valence-corrected chi connectivity index (χ2v) is 4.61. The molecule has 1 unspecified atom stereocenters. The van der Waals surface area contributed by atoms with E-state index in [2.05, 4.69) is 22.4 Å². The van der Waals surface area contributed by atoms with Gasteiger partial charge in [-0.3, -0.25) is 0 Å². The van der Waals surface area contributed by atoms with Crippen molar-refractivity contribution >= 4 is 17.3 Å². The molecule has 19 heavy (non-hydrogen) atoms. The lowest BCUT2D eigenvalue weighted by molar-refractivity contribution is 0.147. The Morgan fingerprint density at radius 1 is 1.47 bits per heavy atom. The summed E-state index contributed by atoms with van der Waals surface area (Å²) in [5.74, 6) is 0.660. The largest absolute Gasteiger partial charge is 0.398 e. The fourth-order valence-corrected chi connectivity index (χ4v) is 1.98. The molecular formula is C12H16ClN5O. The van der Waals surface area contributed by atoms with Crippen molar-refractivity contribution in [2.45, 2.75) is 19.4 Å². The number of halogens is 1. The summed E-state index contributed by atoms with van der Waals surface area (Å²) >= 11 is 5.92. The van der Waals surface area contributed by atoms with Crippen LogP contribution in [0.15, 0.2) is 18.2 Å². The average Bonchev–Trinajstić information content (AvgIpc) is 2.88. The van der Waals surface area contributed by atoms with Crippen LogP contribution in [0.25, 0.3) is 11.4 Å². The number of tetrazole rings is 1. The number of ether oxygens (including phenoxy) is 1. The van der Waals surface area contributed by atoms with Gasteiger partial charge in [0, 0.05) is 12.7 Å². The molecular weight excluding hydrogens is 266 g/mol. The zero-order valence-electron chi connectivity index (χ0n) is 10.9. The Morgan fingerprint density at radius 2 is 2.26 bits per heavy atom. The van der Waals surface area contributed by atoms with Crippen molar-refractivity contribution in [1.29, 1.82) is 0 Å². The predicted molar refractivity (Wildman–Crippen MR) is 73.9 cm³/mol. The van der Waals surface area contributed by atoms with Crippen LogP contribution in [0, 0.1) is 0 Å². The summed E-state index contributed by atoms with van der Waals surface area (Å²) in [6.07, 6.45) is 0.870. The summed E-state index contributed by atoms with van der Waals surface area (Å²) in [5, 5.41) is 12.3. The number of nitrogens with two attached hydrogens (primary N) is 1. The first-order valence-electron chi connectivity index (χ1n) is 5.99. The molecule has 2 N–H and O–H groups in total. The van der Waals surface area contributed by atoms with Crippen LogP contribution in [0.1, 0.15) is 19.4 Å². The highest BCUT2D eigenvalue weighted by atomic mass is 35.5. The Bertz CT molecular complexity index is 557. The van der Waals surface area contributed by atoms with E-state index in [-0.39, 0.29) is 6.04 Å². The Kier molecular flexibility index (Phi) is 4.34. The fourth-order valence-electron chi connectivity index (χ4n) is 1.87. The van der Waals surface area contributed by atoms with E-state index in [4.69, 9.17) is 22.1 Å². The minimum absolute atomic E-state index is 0.0897. The lowest BCUT2D eigenvalue weighted by Crippen LogP contribution is -2.16. The lowest BCUT2D eigenvalue weighted by atomic mass is 10.1. The van der Waals surface area contributed by atoms with Gasteiger partial charge in [0.05, 0.1) is 23.4 Å². The molecule has 0 aliphatic rings. The van der Waals surface area contributed by atoms with Crippen LogP contribution in [-0.2, 0) is 4.74 Å². The third kappa shape index (κ3) is 2.85. The zero-order valence-corrected chi connectivity index (χ0v) is 11.6. The van der Waals surface area contributed by atoms with Crippen molar-refractivity contribution in [3.8, 4) is 11.4 Å². The van der Waals surface area contributed by atoms with Crippen LogP contribution in [0.3, 0.4) is 0 Å². The number of benzene rings is 1. The van der Waals surface area contributed by atoms with Gasteiger partial charge in [0.2, 0.25) is 0 Å². The first-order chi connectivity index (χ1) is 9.17. The third-order valence-corrected chi connectivity index (χ3v) is 3.27. The summed E-state index contributed by atoms with van der Waals surface area (Å²) in [6, 6.07) is 5.44. The Labute approximate surface area is 116 Å². The van der Waals surface area contributed by atoms with E-state index < -0.39 is 0 Å². The average molecular weight is 282 g/mol. The first kappa shape index (κ1) is 13.8. The quantitative estimate of drug-likeness (QED) is 0.850. The van der Waals surface area contributed by atoms with Gasteiger partial charge in [0.15, 0.2) is 5.82 Å². The van der Waals surface area contributed by atoms with Crippen molar-refractivity contribution in [2.24, 2.45) is 0 Å². The maximum absolute atomic E-state index is 5.92. The smallest absolute Gasteiger partial charge is 0.182 e. The van der Waals surface area contributed by atoms with Crippen LogP contribution in [0.5, 0.6) is 0 Å².